The quantitative estimate of drug-likeness (QED) is 0.732. The first-order valence-electron chi connectivity index (χ1n) is 6.88. The lowest BCUT2D eigenvalue weighted by Gasteiger charge is -2.14. The van der Waals surface area contributed by atoms with Crippen molar-refractivity contribution >= 4 is 33.3 Å². The highest BCUT2D eigenvalue weighted by molar-refractivity contribution is 7.20. The molecule has 0 atom stereocenters. The molecule has 0 saturated heterocycles. The van der Waals surface area contributed by atoms with E-state index in [1.807, 2.05) is 30.3 Å². The van der Waals surface area contributed by atoms with Gasteiger partial charge in [-0.2, -0.15) is 0 Å². The second-order valence-corrected chi connectivity index (χ2v) is 5.68. The molecule has 1 aromatic heterocycles. The number of urea groups is 1. The van der Waals surface area contributed by atoms with Gasteiger partial charge in [0.05, 0.1) is 17.3 Å². The summed E-state index contributed by atoms with van der Waals surface area (Å²) < 4.78 is 6.85. The van der Waals surface area contributed by atoms with Crippen molar-refractivity contribution in [2.45, 2.75) is 0 Å². The fraction of sp³-hybridized carbons (Fsp3) is 0.125. The number of nitrogens with zero attached hydrogens (tertiary/aromatic N) is 2. The molecule has 3 rings (SSSR count). The lowest BCUT2D eigenvalue weighted by atomic mass is 10.3. The number of ether oxygens (including phenoxy) is 1. The van der Waals surface area contributed by atoms with Gasteiger partial charge in [-0.3, -0.25) is 4.84 Å². The number of para-hydroxylation sites is 1. The zero-order chi connectivity index (χ0) is 16.2. The first-order chi connectivity index (χ1) is 11.2. The Bertz CT molecular complexity index is 801. The molecule has 0 saturated carbocycles. The highest BCUT2D eigenvalue weighted by Gasteiger charge is 2.09. The molecular formula is C16H15N3O3S. The molecule has 6 nitrogen and oxygen atoms in total. The van der Waals surface area contributed by atoms with Crippen molar-refractivity contribution in [3.05, 3.63) is 48.5 Å². The number of amides is 2. The van der Waals surface area contributed by atoms with Crippen LogP contribution in [0.3, 0.4) is 0 Å². The third kappa shape index (κ3) is 3.58. The third-order valence-electron chi connectivity index (χ3n) is 3.12. The minimum absolute atomic E-state index is 0.371. The number of hydrogen-bond acceptors (Lipinski definition) is 5. The van der Waals surface area contributed by atoms with Gasteiger partial charge < -0.3 is 10.1 Å². The lowest BCUT2D eigenvalue weighted by Crippen LogP contribution is -2.30. The Morgan fingerprint density at radius 2 is 2.04 bits per heavy atom. The standard InChI is InChI=1S/C16H15N3O3S/c1-19(21-2)15(20)17-11-6-5-7-12(10-11)22-16-18-13-8-3-4-9-14(13)23-16/h3-10H,1-2H3,(H,17,20). The molecule has 1 N–H and O–H groups in total. The number of nitrogens with one attached hydrogen (secondary N) is 1. The van der Waals surface area contributed by atoms with E-state index in [0.717, 1.165) is 15.3 Å². The monoisotopic (exact) mass is 329 g/mol. The van der Waals surface area contributed by atoms with Crippen LogP contribution in [0.1, 0.15) is 0 Å². The van der Waals surface area contributed by atoms with Crippen LogP contribution in [-0.2, 0) is 4.84 Å². The van der Waals surface area contributed by atoms with Crippen LogP contribution >= 0.6 is 11.3 Å². The first-order valence-corrected chi connectivity index (χ1v) is 7.69. The molecule has 0 aliphatic carbocycles. The Kier molecular flexibility index (Phi) is 4.40. The number of aromatic nitrogens is 1. The van der Waals surface area contributed by atoms with Crippen LogP contribution in [0.2, 0.25) is 0 Å². The molecule has 0 aliphatic heterocycles. The van der Waals surface area contributed by atoms with Gasteiger partial charge in [-0.15, -0.1) is 0 Å². The first kappa shape index (κ1) is 15.3. The summed E-state index contributed by atoms with van der Waals surface area (Å²) in [5.74, 6) is 0.599. The summed E-state index contributed by atoms with van der Waals surface area (Å²) >= 11 is 1.47. The lowest BCUT2D eigenvalue weighted by molar-refractivity contribution is -0.0598. The molecule has 23 heavy (non-hydrogen) atoms. The second kappa shape index (κ2) is 6.64. The Hall–Kier alpha value is -2.64. The summed E-state index contributed by atoms with van der Waals surface area (Å²) in [5, 5.41) is 4.37. The Balaban J connectivity index is 1.75. The van der Waals surface area contributed by atoms with Crippen LogP contribution in [0.5, 0.6) is 10.9 Å². The maximum Gasteiger partial charge on any atom is 0.345 e. The number of hydroxylamine groups is 2. The Morgan fingerprint density at radius 3 is 2.83 bits per heavy atom. The minimum Gasteiger partial charge on any atom is -0.431 e. The predicted octanol–water partition coefficient (Wildman–Crippen LogP) is 4.11. The van der Waals surface area contributed by atoms with Gasteiger partial charge in [0.15, 0.2) is 0 Å². The van der Waals surface area contributed by atoms with Crippen molar-refractivity contribution < 1.29 is 14.4 Å². The maximum absolute atomic E-state index is 11.8. The van der Waals surface area contributed by atoms with Crippen LogP contribution in [0.25, 0.3) is 10.2 Å². The molecule has 118 valence electrons. The van der Waals surface area contributed by atoms with Gasteiger partial charge in [0.1, 0.15) is 5.75 Å². The van der Waals surface area contributed by atoms with E-state index < -0.39 is 0 Å². The molecule has 0 bridgehead atoms. The van der Waals surface area contributed by atoms with Gasteiger partial charge >= 0.3 is 6.03 Å². The van der Waals surface area contributed by atoms with Crippen molar-refractivity contribution in [1.29, 1.82) is 0 Å². The smallest absolute Gasteiger partial charge is 0.345 e. The summed E-state index contributed by atoms with van der Waals surface area (Å²) in [6.45, 7) is 0. The van der Waals surface area contributed by atoms with Crippen molar-refractivity contribution in [3.63, 3.8) is 0 Å². The van der Waals surface area contributed by atoms with Crippen molar-refractivity contribution in [2.75, 3.05) is 19.5 Å². The molecule has 2 amide bonds. The SMILES string of the molecule is CON(C)C(=O)Nc1cccc(Oc2nc3ccccc3s2)c1. The molecule has 0 aliphatic rings. The summed E-state index contributed by atoms with van der Waals surface area (Å²) in [7, 11) is 2.95. The minimum atomic E-state index is -0.371. The fourth-order valence-electron chi connectivity index (χ4n) is 1.92. The van der Waals surface area contributed by atoms with Crippen molar-refractivity contribution in [2.24, 2.45) is 0 Å². The largest absolute Gasteiger partial charge is 0.431 e. The highest BCUT2D eigenvalue weighted by Crippen LogP contribution is 2.31. The zero-order valence-corrected chi connectivity index (χ0v) is 13.5. The van der Waals surface area contributed by atoms with Gasteiger partial charge in [-0.25, -0.2) is 14.8 Å². The molecule has 3 aromatic rings. The molecular weight excluding hydrogens is 314 g/mol. The highest BCUT2D eigenvalue weighted by atomic mass is 32.1. The van der Waals surface area contributed by atoms with E-state index in [4.69, 9.17) is 9.57 Å². The van der Waals surface area contributed by atoms with E-state index in [1.54, 1.807) is 18.2 Å². The predicted molar refractivity (Wildman–Crippen MR) is 89.9 cm³/mol. The van der Waals surface area contributed by atoms with Crippen LogP contribution in [0, 0.1) is 0 Å². The van der Waals surface area contributed by atoms with Crippen LogP contribution < -0.4 is 10.1 Å². The number of rotatable bonds is 4. The van der Waals surface area contributed by atoms with E-state index in [9.17, 15) is 4.79 Å². The number of carbonyl (C=O) groups excluding carboxylic acids is 1. The van der Waals surface area contributed by atoms with Gasteiger partial charge in [0, 0.05) is 18.8 Å². The van der Waals surface area contributed by atoms with Gasteiger partial charge in [0.25, 0.3) is 5.19 Å². The van der Waals surface area contributed by atoms with E-state index in [-0.39, 0.29) is 6.03 Å². The number of carbonyl (C=O) groups is 1. The van der Waals surface area contributed by atoms with E-state index in [0.29, 0.717) is 16.6 Å². The van der Waals surface area contributed by atoms with Gasteiger partial charge in [-0.05, 0) is 24.3 Å². The number of hydrogen-bond donors (Lipinski definition) is 1. The number of fused-ring (bicyclic) bond motifs is 1. The van der Waals surface area contributed by atoms with Crippen LogP contribution in [-0.4, -0.2) is 30.2 Å². The summed E-state index contributed by atoms with van der Waals surface area (Å²) in [6.07, 6.45) is 0. The van der Waals surface area contributed by atoms with E-state index in [2.05, 4.69) is 10.3 Å². The van der Waals surface area contributed by atoms with Crippen molar-refractivity contribution in [3.8, 4) is 10.9 Å². The summed E-state index contributed by atoms with van der Waals surface area (Å²) in [5.41, 5.74) is 1.51. The van der Waals surface area contributed by atoms with Gasteiger partial charge in [0.2, 0.25) is 0 Å². The van der Waals surface area contributed by atoms with E-state index >= 15 is 0 Å². The van der Waals surface area contributed by atoms with Crippen molar-refractivity contribution in [1.82, 2.24) is 10.0 Å². The fourth-order valence-corrected chi connectivity index (χ4v) is 2.75. The summed E-state index contributed by atoms with van der Waals surface area (Å²) in [6, 6.07) is 14.6. The number of thiazole rings is 1. The molecule has 0 radical (unpaired) electrons. The molecule has 7 heteroatoms. The molecule has 2 aromatic carbocycles. The zero-order valence-electron chi connectivity index (χ0n) is 12.6. The van der Waals surface area contributed by atoms with Crippen LogP contribution in [0.15, 0.2) is 48.5 Å². The third-order valence-corrected chi connectivity index (χ3v) is 4.04. The summed E-state index contributed by atoms with van der Waals surface area (Å²) in [4.78, 5) is 21.0. The van der Waals surface area contributed by atoms with Gasteiger partial charge in [-0.1, -0.05) is 29.5 Å². The number of anilines is 1. The normalized spacial score (nSPS) is 10.5. The Morgan fingerprint density at radius 1 is 1.22 bits per heavy atom. The maximum atomic E-state index is 11.8. The molecule has 0 unspecified atom stereocenters. The Labute approximate surface area is 137 Å². The van der Waals surface area contributed by atoms with Crippen LogP contribution in [0.4, 0.5) is 10.5 Å². The molecule has 0 spiro atoms. The average Bonchev–Trinajstić information content (AvgIpc) is 2.96. The van der Waals surface area contributed by atoms with E-state index in [1.165, 1.54) is 25.5 Å². The number of benzene rings is 2. The second-order valence-electron chi connectivity index (χ2n) is 4.69. The molecule has 1 heterocycles. The molecule has 0 fully saturated rings. The topological polar surface area (TPSA) is 63.7 Å². The average molecular weight is 329 g/mol.